The van der Waals surface area contributed by atoms with E-state index in [1.54, 1.807) is 12.1 Å². The van der Waals surface area contributed by atoms with Crippen molar-refractivity contribution in [2.45, 2.75) is 6.92 Å². The second-order valence-corrected chi connectivity index (χ2v) is 5.69. The van der Waals surface area contributed by atoms with E-state index < -0.39 is 0 Å². The first-order chi connectivity index (χ1) is 12.3. The lowest BCUT2D eigenvalue weighted by Crippen LogP contribution is -2.12. The molecule has 0 aliphatic carbocycles. The lowest BCUT2D eigenvalue weighted by atomic mass is 10.1. The van der Waals surface area contributed by atoms with E-state index in [0.717, 1.165) is 16.2 Å². The van der Waals surface area contributed by atoms with Gasteiger partial charge in [0, 0.05) is 5.39 Å². The minimum Gasteiger partial charge on any atom is -0.492 e. The molecule has 0 radical (unpaired) electrons. The molecule has 0 fully saturated rings. The number of rotatable bonds is 4. The molecule has 4 nitrogen and oxygen atoms in total. The summed E-state index contributed by atoms with van der Waals surface area (Å²) in [5.41, 5.74) is 1.32. The van der Waals surface area contributed by atoms with Crippen molar-refractivity contribution in [3.63, 3.8) is 0 Å². The van der Waals surface area contributed by atoms with E-state index in [2.05, 4.69) is 5.32 Å². The molecule has 4 aromatic rings. The third-order valence-corrected chi connectivity index (χ3v) is 4.08. The molecule has 0 unspecified atom stereocenters. The van der Waals surface area contributed by atoms with Crippen molar-refractivity contribution in [2.75, 3.05) is 11.9 Å². The van der Waals surface area contributed by atoms with Crippen molar-refractivity contribution < 1.29 is 13.9 Å². The molecule has 1 N–H and O–H groups in total. The van der Waals surface area contributed by atoms with Crippen LogP contribution in [0.2, 0.25) is 0 Å². The first-order valence-corrected chi connectivity index (χ1v) is 8.21. The van der Waals surface area contributed by atoms with Gasteiger partial charge in [0.05, 0.1) is 12.3 Å². The van der Waals surface area contributed by atoms with Crippen LogP contribution in [0.1, 0.15) is 17.5 Å². The fourth-order valence-electron chi connectivity index (χ4n) is 2.94. The van der Waals surface area contributed by atoms with Gasteiger partial charge in [0.1, 0.15) is 11.3 Å². The van der Waals surface area contributed by atoms with Crippen LogP contribution in [-0.2, 0) is 0 Å². The number of ether oxygens (including phenoxy) is 1. The number of anilines is 1. The molecule has 0 atom stereocenters. The van der Waals surface area contributed by atoms with Crippen molar-refractivity contribution in [1.82, 2.24) is 0 Å². The van der Waals surface area contributed by atoms with Gasteiger partial charge in [-0.1, -0.05) is 42.5 Å². The van der Waals surface area contributed by atoms with Crippen LogP contribution >= 0.6 is 0 Å². The molecule has 0 bridgehead atoms. The molecule has 124 valence electrons. The van der Waals surface area contributed by atoms with Crippen LogP contribution in [0.3, 0.4) is 0 Å². The second-order valence-electron chi connectivity index (χ2n) is 5.69. The molecule has 0 spiro atoms. The summed E-state index contributed by atoms with van der Waals surface area (Å²) in [6.45, 7) is 2.44. The van der Waals surface area contributed by atoms with Gasteiger partial charge in [-0.05, 0) is 42.0 Å². The number of hydrogen-bond acceptors (Lipinski definition) is 3. The van der Waals surface area contributed by atoms with Crippen molar-refractivity contribution in [2.24, 2.45) is 0 Å². The quantitative estimate of drug-likeness (QED) is 0.556. The topological polar surface area (TPSA) is 51.5 Å². The first kappa shape index (κ1) is 15.3. The summed E-state index contributed by atoms with van der Waals surface area (Å²) in [5, 5.41) is 5.98. The number of carbonyl (C=O) groups excluding carboxylic acids is 1. The summed E-state index contributed by atoms with van der Waals surface area (Å²) in [6, 6.07) is 21.1. The Kier molecular flexibility index (Phi) is 3.86. The summed E-state index contributed by atoms with van der Waals surface area (Å²) < 4.78 is 11.3. The Morgan fingerprint density at radius 1 is 1.00 bits per heavy atom. The number of hydrogen-bond donors (Lipinski definition) is 1. The van der Waals surface area contributed by atoms with Gasteiger partial charge in [0.25, 0.3) is 5.91 Å². The Bertz CT molecular complexity index is 1070. The number of nitrogens with one attached hydrogen (secondary N) is 1. The number of amides is 1. The molecule has 1 amide bonds. The van der Waals surface area contributed by atoms with Gasteiger partial charge in [0.15, 0.2) is 5.76 Å². The fourth-order valence-corrected chi connectivity index (χ4v) is 2.94. The van der Waals surface area contributed by atoms with Gasteiger partial charge in [-0.15, -0.1) is 0 Å². The maximum Gasteiger partial charge on any atom is 0.291 e. The summed E-state index contributed by atoms with van der Waals surface area (Å²) in [4.78, 5) is 12.6. The maximum atomic E-state index is 12.6. The molecule has 3 aromatic carbocycles. The van der Waals surface area contributed by atoms with E-state index in [4.69, 9.17) is 9.15 Å². The smallest absolute Gasteiger partial charge is 0.291 e. The number of benzene rings is 3. The van der Waals surface area contributed by atoms with Crippen LogP contribution in [0, 0.1) is 0 Å². The Hall–Kier alpha value is -3.27. The Labute approximate surface area is 145 Å². The number of furan rings is 1. The van der Waals surface area contributed by atoms with E-state index in [1.807, 2.05) is 61.5 Å². The average molecular weight is 331 g/mol. The highest BCUT2D eigenvalue weighted by Crippen LogP contribution is 2.29. The van der Waals surface area contributed by atoms with Gasteiger partial charge in [0.2, 0.25) is 0 Å². The zero-order valence-electron chi connectivity index (χ0n) is 13.8. The number of para-hydroxylation sites is 2. The van der Waals surface area contributed by atoms with Gasteiger partial charge in [-0.2, -0.15) is 0 Å². The number of carbonyl (C=O) groups is 1. The van der Waals surface area contributed by atoms with Gasteiger partial charge < -0.3 is 14.5 Å². The zero-order chi connectivity index (χ0) is 17.2. The SMILES string of the molecule is CCOc1ccccc1NC(=O)c1cc2c(ccc3ccccc32)o1. The van der Waals surface area contributed by atoms with E-state index >= 15 is 0 Å². The van der Waals surface area contributed by atoms with Crippen LogP contribution in [0.4, 0.5) is 5.69 Å². The highest BCUT2D eigenvalue weighted by Gasteiger charge is 2.15. The zero-order valence-corrected chi connectivity index (χ0v) is 13.8. The van der Waals surface area contributed by atoms with Crippen LogP contribution < -0.4 is 10.1 Å². The molecule has 0 aliphatic rings. The van der Waals surface area contributed by atoms with Crippen molar-refractivity contribution >= 4 is 33.3 Å². The standard InChI is InChI=1S/C21H17NO3/c1-2-24-19-10-6-5-9-17(19)22-21(23)20-13-16-15-8-4-3-7-14(15)11-12-18(16)25-20/h3-13H,2H2,1H3,(H,22,23). The van der Waals surface area contributed by atoms with Gasteiger partial charge >= 0.3 is 0 Å². The number of fused-ring (bicyclic) bond motifs is 3. The van der Waals surface area contributed by atoms with E-state index in [0.29, 0.717) is 23.6 Å². The monoisotopic (exact) mass is 331 g/mol. The normalized spacial score (nSPS) is 10.9. The Morgan fingerprint density at radius 3 is 2.68 bits per heavy atom. The average Bonchev–Trinajstić information content (AvgIpc) is 3.08. The largest absolute Gasteiger partial charge is 0.492 e. The van der Waals surface area contributed by atoms with Crippen LogP contribution in [0.5, 0.6) is 5.75 Å². The molecule has 4 heteroatoms. The Morgan fingerprint density at radius 2 is 1.80 bits per heavy atom. The van der Waals surface area contributed by atoms with Crippen LogP contribution in [-0.4, -0.2) is 12.5 Å². The molecule has 0 saturated carbocycles. The molecular weight excluding hydrogens is 314 g/mol. The van der Waals surface area contributed by atoms with E-state index in [9.17, 15) is 4.79 Å². The van der Waals surface area contributed by atoms with Gasteiger partial charge in [-0.3, -0.25) is 4.79 Å². The summed E-state index contributed by atoms with van der Waals surface area (Å²) in [6.07, 6.45) is 0. The molecule has 1 aromatic heterocycles. The predicted octanol–water partition coefficient (Wildman–Crippen LogP) is 5.24. The minimum absolute atomic E-state index is 0.276. The maximum absolute atomic E-state index is 12.6. The van der Waals surface area contributed by atoms with Crippen LogP contribution in [0.15, 0.2) is 71.1 Å². The molecular formula is C21H17NO3. The molecule has 0 saturated heterocycles. The lowest BCUT2D eigenvalue weighted by molar-refractivity contribution is 0.0998. The minimum atomic E-state index is -0.299. The third kappa shape index (κ3) is 2.83. The van der Waals surface area contributed by atoms with E-state index in [1.165, 1.54) is 0 Å². The van der Waals surface area contributed by atoms with E-state index in [-0.39, 0.29) is 11.7 Å². The molecule has 1 heterocycles. The molecule has 4 rings (SSSR count). The molecule has 25 heavy (non-hydrogen) atoms. The highest BCUT2D eigenvalue weighted by molar-refractivity contribution is 6.11. The van der Waals surface area contributed by atoms with Crippen molar-refractivity contribution in [3.05, 3.63) is 72.5 Å². The van der Waals surface area contributed by atoms with Crippen LogP contribution in [0.25, 0.3) is 21.7 Å². The summed E-state index contributed by atoms with van der Waals surface area (Å²) in [7, 11) is 0. The summed E-state index contributed by atoms with van der Waals surface area (Å²) in [5.74, 6) is 0.616. The summed E-state index contributed by atoms with van der Waals surface area (Å²) >= 11 is 0. The van der Waals surface area contributed by atoms with Crippen molar-refractivity contribution in [3.8, 4) is 5.75 Å². The van der Waals surface area contributed by atoms with Crippen molar-refractivity contribution in [1.29, 1.82) is 0 Å². The third-order valence-electron chi connectivity index (χ3n) is 4.08. The second kappa shape index (κ2) is 6.32. The first-order valence-electron chi connectivity index (χ1n) is 8.21. The highest BCUT2D eigenvalue weighted by atomic mass is 16.5. The molecule has 0 aliphatic heterocycles. The fraction of sp³-hybridized carbons (Fsp3) is 0.0952. The predicted molar refractivity (Wildman–Crippen MR) is 99.3 cm³/mol. The Balaban J connectivity index is 1.70. The lowest BCUT2D eigenvalue weighted by Gasteiger charge is -2.10. The van der Waals surface area contributed by atoms with Gasteiger partial charge in [-0.25, -0.2) is 0 Å².